The normalized spacial score (nSPS) is 11.7. The summed E-state index contributed by atoms with van der Waals surface area (Å²) >= 11 is 0. The molecule has 1 rings (SSSR count). The van der Waals surface area contributed by atoms with Gasteiger partial charge in [0.15, 0.2) is 5.76 Å². The molecule has 1 amide bonds. The van der Waals surface area contributed by atoms with Gasteiger partial charge in [-0.05, 0) is 34.6 Å². The second kappa shape index (κ2) is 5.29. The molecule has 102 valence electrons. The number of nitrogens with two attached hydrogens (primary N) is 1. The van der Waals surface area contributed by atoms with Gasteiger partial charge in [-0.2, -0.15) is 0 Å². The number of hydrogen-bond donors (Lipinski definition) is 1. The number of nitrogens with zero attached hydrogens (tertiary/aromatic N) is 2. The van der Waals surface area contributed by atoms with E-state index in [0.29, 0.717) is 11.4 Å². The molecule has 0 aliphatic heterocycles. The van der Waals surface area contributed by atoms with Crippen LogP contribution in [0.2, 0.25) is 0 Å². The highest BCUT2D eigenvalue weighted by Gasteiger charge is 2.25. The maximum Gasteiger partial charge on any atom is 0.410 e. The highest BCUT2D eigenvalue weighted by Crippen LogP contribution is 2.18. The minimum atomic E-state index is -0.531. The molecule has 0 radical (unpaired) electrons. The summed E-state index contributed by atoms with van der Waals surface area (Å²) < 4.78 is 10.3. The number of carbonyl (C=O) groups excluding carboxylic acids is 1. The molecular weight excluding hydrogens is 234 g/mol. The molecule has 1 aromatic rings. The number of amides is 1. The summed E-state index contributed by atoms with van der Waals surface area (Å²) in [5.41, 5.74) is 5.59. The van der Waals surface area contributed by atoms with Gasteiger partial charge in [0.25, 0.3) is 0 Å². The lowest BCUT2D eigenvalue weighted by Crippen LogP contribution is -2.40. The fourth-order valence-corrected chi connectivity index (χ4v) is 1.32. The third-order valence-electron chi connectivity index (χ3n) is 2.24. The van der Waals surface area contributed by atoms with Crippen LogP contribution in [0, 0.1) is 0 Å². The van der Waals surface area contributed by atoms with Crippen LogP contribution in [0.1, 0.15) is 40.4 Å². The van der Waals surface area contributed by atoms with Crippen molar-refractivity contribution < 1.29 is 14.1 Å². The molecule has 0 saturated carbocycles. The monoisotopic (exact) mass is 255 g/mol. The zero-order chi connectivity index (χ0) is 13.9. The Morgan fingerprint density at radius 2 is 2.17 bits per heavy atom. The second-order valence-corrected chi connectivity index (χ2v) is 5.41. The first-order chi connectivity index (χ1) is 8.20. The molecule has 0 aliphatic rings. The molecule has 0 aliphatic carbocycles. The molecule has 2 N–H and O–H groups in total. The van der Waals surface area contributed by atoms with Crippen molar-refractivity contribution in [1.82, 2.24) is 10.1 Å². The van der Waals surface area contributed by atoms with Gasteiger partial charge >= 0.3 is 6.09 Å². The van der Waals surface area contributed by atoms with E-state index in [9.17, 15) is 4.79 Å². The van der Waals surface area contributed by atoms with Crippen molar-refractivity contribution in [1.29, 1.82) is 0 Å². The topological polar surface area (TPSA) is 81.6 Å². The highest BCUT2D eigenvalue weighted by atomic mass is 16.6. The lowest BCUT2D eigenvalue weighted by atomic mass is 10.2. The van der Waals surface area contributed by atoms with Crippen LogP contribution in [-0.4, -0.2) is 27.8 Å². The highest BCUT2D eigenvalue weighted by molar-refractivity contribution is 5.68. The van der Waals surface area contributed by atoms with Gasteiger partial charge in [-0.15, -0.1) is 0 Å². The van der Waals surface area contributed by atoms with Gasteiger partial charge in [-0.3, -0.25) is 4.90 Å². The van der Waals surface area contributed by atoms with Crippen LogP contribution in [0.25, 0.3) is 0 Å². The minimum absolute atomic E-state index is 0.0238. The van der Waals surface area contributed by atoms with Gasteiger partial charge in [0.05, 0.1) is 18.4 Å². The molecule has 0 spiro atoms. The summed E-state index contributed by atoms with van der Waals surface area (Å²) in [5, 5.41) is 3.59. The lowest BCUT2D eigenvalue weighted by molar-refractivity contribution is 0.0155. The van der Waals surface area contributed by atoms with E-state index in [1.807, 2.05) is 34.6 Å². The van der Waals surface area contributed by atoms with Crippen LogP contribution in [0.4, 0.5) is 10.5 Å². The third-order valence-corrected chi connectivity index (χ3v) is 2.24. The Morgan fingerprint density at radius 1 is 1.56 bits per heavy atom. The lowest BCUT2D eigenvalue weighted by Gasteiger charge is -2.29. The first-order valence-corrected chi connectivity index (χ1v) is 5.89. The molecule has 0 unspecified atom stereocenters. The van der Waals surface area contributed by atoms with E-state index < -0.39 is 11.7 Å². The molecule has 6 nitrogen and oxygen atoms in total. The van der Waals surface area contributed by atoms with Gasteiger partial charge in [0, 0.05) is 6.04 Å². The molecule has 0 aromatic carbocycles. The molecule has 1 aromatic heterocycles. The third kappa shape index (κ3) is 3.94. The van der Waals surface area contributed by atoms with Crippen molar-refractivity contribution in [2.45, 2.75) is 52.8 Å². The number of aromatic nitrogens is 1. The first kappa shape index (κ1) is 14.3. The smallest absolute Gasteiger partial charge is 0.410 e. The minimum Gasteiger partial charge on any atom is -0.444 e. The quantitative estimate of drug-likeness (QED) is 0.896. The van der Waals surface area contributed by atoms with Gasteiger partial charge < -0.3 is 15.0 Å². The SMILES string of the molecule is CC(C)N(Cc1oncc1N)C(=O)OC(C)(C)C. The summed E-state index contributed by atoms with van der Waals surface area (Å²) in [4.78, 5) is 13.6. The Bertz CT molecular complexity index is 407. The van der Waals surface area contributed by atoms with Crippen LogP contribution in [0.15, 0.2) is 10.7 Å². The average molecular weight is 255 g/mol. The van der Waals surface area contributed by atoms with E-state index in [-0.39, 0.29) is 12.6 Å². The zero-order valence-corrected chi connectivity index (χ0v) is 11.6. The predicted molar refractivity (Wildman–Crippen MR) is 67.8 cm³/mol. The Hall–Kier alpha value is -1.72. The van der Waals surface area contributed by atoms with Crippen molar-refractivity contribution in [2.24, 2.45) is 0 Å². The number of anilines is 1. The maximum atomic E-state index is 12.0. The fraction of sp³-hybridized carbons (Fsp3) is 0.667. The molecular formula is C12H21N3O3. The van der Waals surface area contributed by atoms with Crippen molar-refractivity contribution in [3.63, 3.8) is 0 Å². The van der Waals surface area contributed by atoms with Gasteiger partial charge in [0.1, 0.15) is 5.60 Å². The second-order valence-electron chi connectivity index (χ2n) is 5.41. The standard InChI is InChI=1S/C12H21N3O3/c1-8(2)15(11(16)17-12(3,4)5)7-10-9(13)6-14-18-10/h6,8H,7,13H2,1-5H3. The van der Waals surface area contributed by atoms with E-state index in [2.05, 4.69) is 5.16 Å². The molecule has 18 heavy (non-hydrogen) atoms. The molecule has 0 fully saturated rings. The number of carbonyl (C=O) groups is 1. The average Bonchev–Trinajstić information content (AvgIpc) is 2.57. The summed E-state index contributed by atoms with van der Waals surface area (Å²) in [7, 11) is 0. The molecule has 0 saturated heterocycles. The summed E-state index contributed by atoms with van der Waals surface area (Å²) in [6.07, 6.45) is 1.02. The van der Waals surface area contributed by atoms with Crippen LogP contribution >= 0.6 is 0 Å². The van der Waals surface area contributed by atoms with E-state index in [1.165, 1.54) is 6.20 Å². The van der Waals surface area contributed by atoms with E-state index >= 15 is 0 Å². The van der Waals surface area contributed by atoms with E-state index in [1.54, 1.807) is 4.90 Å². The molecule has 6 heteroatoms. The van der Waals surface area contributed by atoms with Gasteiger partial charge in [0.2, 0.25) is 0 Å². The summed E-state index contributed by atoms with van der Waals surface area (Å²) in [5.74, 6) is 0.467. The number of rotatable bonds is 3. The van der Waals surface area contributed by atoms with E-state index in [0.717, 1.165) is 0 Å². The molecule has 0 atom stereocenters. The maximum absolute atomic E-state index is 12.0. The fourth-order valence-electron chi connectivity index (χ4n) is 1.32. The number of ether oxygens (including phenoxy) is 1. The summed E-state index contributed by atoms with van der Waals surface area (Å²) in [6, 6.07) is -0.0238. The van der Waals surface area contributed by atoms with Crippen LogP contribution < -0.4 is 5.73 Å². The largest absolute Gasteiger partial charge is 0.444 e. The van der Waals surface area contributed by atoms with Crippen molar-refractivity contribution in [3.8, 4) is 0 Å². The Balaban J connectivity index is 2.78. The van der Waals surface area contributed by atoms with Crippen molar-refractivity contribution in [2.75, 3.05) is 5.73 Å². The number of hydrogen-bond acceptors (Lipinski definition) is 5. The van der Waals surface area contributed by atoms with Crippen LogP contribution in [0.3, 0.4) is 0 Å². The Labute approximate surface area is 107 Å². The Kier molecular flexibility index (Phi) is 4.21. The van der Waals surface area contributed by atoms with Gasteiger partial charge in [-0.25, -0.2) is 4.79 Å². The predicted octanol–water partition coefficient (Wildman–Crippen LogP) is 2.40. The first-order valence-electron chi connectivity index (χ1n) is 5.89. The zero-order valence-electron chi connectivity index (χ0n) is 11.6. The Morgan fingerprint density at radius 3 is 2.56 bits per heavy atom. The number of nitrogen functional groups attached to an aromatic ring is 1. The van der Waals surface area contributed by atoms with Crippen LogP contribution in [-0.2, 0) is 11.3 Å². The van der Waals surface area contributed by atoms with Crippen molar-refractivity contribution in [3.05, 3.63) is 12.0 Å². The van der Waals surface area contributed by atoms with E-state index in [4.69, 9.17) is 15.0 Å². The molecule has 0 bridgehead atoms. The summed E-state index contributed by atoms with van der Waals surface area (Å²) in [6.45, 7) is 9.52. The van der Waals surface area contributed by atoms with Crippen molar-refractivity contribution >= 4 is 11.8 Å². The van der Waals surface area contributed by atoms with Crippen LogP contribution in [0.5, 0.6) is 0 Å². The van der Waals surface area contributed by atoms with Gasteiger partial charge in [-0.1, -0.05) is 5.16 Å². The molecule has 1 heterocycles.